The molecule has 0 amide bonds. The molecule has 1 aromatic heterocycles. The summed E-state index contributed by atoms with van der Waals surface area (Å²) in [5.74, 6) is -0.825. The fourth-order valence-electron chi connectivity index (χ4n) is 4.09. The van der Waals surface area contributed by atoms with Crippen LogP contribution < -0.4 is 0 Å². The zero-order valence-electron chi connectivity index (χ0n) is 15.1. The lowest BCUT2D eigenvalue weighted by Crippen LogP contribution is -2.22. The van der Waals surface area contributed by atoms with E-state index in [9.17, 15) is 9.90 Å². The lowest BCUT2D eigenvalue weighted by molar-refractivity contribution is 0.0698. The third-order valence-corrected chi connectivity index (χ3v) is 5.44. The second-order valence-corrected chi connectivity index (χ2v) is 6.81. The molecule has 1 fully saturated rings. The average Bonchev–Trinajstić information content (AvgIpc) is 3.17. The number of aryl methyl sites for hydroxylation is 2. The summed E-state index contributed by atoms with van der Waals surface area (Å²) in [4.78, 5) is 14.3. The van der Waals surface area contributed by atoms with E-state index in [-0.39, 0.29) is 0 Å². The van der Waals surface area contributed by atoms with E-state index in [2.05, 4.69) is 36.3 Å². The van der Waals surface area contributed by atoms with Crippen molar-refractivity contribution in [1.29, 1.82) is 0 Å². The van der Waals surface area contributed by atoms with E-state index in [4.69, 9.17) is 0 Å². The van der Waals surface area contributed by atoms with Gasteiger partial charge in [-0.25, -0.2) is 4.79 Å². The van der Waals surface area contributed by atoms with Crippen LogP contribution in [0.4, 0.5) is 0 Å². The number of likely N-dealkylation sites (tertiary alicyclic amines) is 1. The van der Waals surface area contributed by atoms with E-state index in [1.165, 1.54) is 37.2 Å². The predicted molar refractivity (Wildman–Crippen MR) is 98.1 cm³/mol. The molecule has 0 radical (unpaired) electrons. The summed E-state index contributed by atoms with van der Waals surface area (Å²) in [6.45, 7) is 10.6. The van der Waals surface area contributed by atoms with Crippen molar-refractivity contribution in [3.8, 4) is 0 Å². The molecular formula is C20H28N2O2. The average molecular weight is 328 g/mol. The summed E-state index contributed by atoms with van der Waals surface area (Å²) in [6, 6.07) is 4.06. The molecule has 1 aromatic carbocycles. The molecule has 0 unspecified atom stereocenters. The smallest absolute Gasteiger partial charge is 0.337 e. The molecule has 1 N–H and O–H groups in total. The maximum atomic E-state index is 11.8. The van der Waals surface area contributed by atoms with Gasteiger partial charge in [0.2, 0.25) is 0 Å². The Morgan fingerprint density at radius 1 is 1.21 bits per heavy atom. The summed E-state index contributed by atoms with van der Waals surface area (Å²) >= 11 is 0. The number of aromatic nitrogens is 1. The number of aromatic carboxylic acids is 1. The highest BCUT2D eigenvalue weighted by atomic mass is 16.4. The number of hydrogen-bond acceptors (Lipinski definition) is 2. The van der Waals surface area contributed by atoms with E-state index in [0.717, 1.165) is 42.4 Å². The standard InChI is InChI=1S/C20H28N2O2/c1-4-15-12-17-16(8-11-21-9-6-7-10-21)14(3)22(5-2)19(17)18(13-15)20(23)24/h12-13H,4-11H2,1-3H3,(H,23,24). The zero-order valence-corrected chi connectivity index (χ0v) is 15.1. The Bertz CT molecular complexity index is 755. The summed E-state index contributed by atoms with van der Waals surface area (Å²) in [7, 11) is 0. The molecule has 0 aliphatic carbocycles. The lowest BCUT2D eigenvalue weighted by atomic mass is 10.0. The molecule has 4 heteroatoms. The first-order valence-electron chi connectivity index (χ1n) is 9.17. The molecule has 3 rings (SSSR count). The molecule has 0 saturated carbocycles. The zero-order chi connectivity index (χ0) is 17.3. The molecule has 4 nitrogen and oxygen atoms in total. The summed E-state index contributed by atoms with van der Waals surface area (Å²) < 4.78 is 2.18. The fraction of sp³-hybridized carbons (Fsp3) is 0.550. The molecule has 0 bridgehead atoms. The second-order valence-electron chi connectivity index (χ2n) is 6.81. The highest BCUT2D eigenvalue weighted by molar-refractivity contribution is 6.04. The van der Waals surface area contributed by atoms with Gasteiger partial charge in [0, 0.05) is 24.2 Å². The van der Waals surface area contributed by atoms with Crippen LogP contribution in [0.5, 0.6) is 0 Å². The monoisotopic (exact) mass is 328 g/mol. The van der Waals surface area contributed by atoms with Crippen LogP contribution in [0.15, 0.2) is 12.1 Å². The van der Waals surface area contributed by atoms with Gasteiger partial charge in [0.25, 0.3) is 0 Å². The fourth-order valence-corrected chi connectivity index (χ4v) is 4.09. The Labute approximate surface area is 144 Å². The van der Waals surface area contributed by atoms with Crippen LogP contribution in [-0.4, -0.2) is 40.2 Å². The van der Waals surface area contributed by atoms with Crippen LogP contribution in [0.25, 0.3) is 10.9 Å². The number of rotatable bonds is 6. The van der Waals surface area contributed by atoms with Gasteiger partial charge >= 0.3 is 5.97 Å². The number of carbonyl (C=O) groups is 1. The SMILES string of the molecule is CCc1cc(C(=O)O)c2c(c1)c(CCN1CCCC1)c(C)n2CC. The van der Waals surface area contributed by atoms with Crippen LogP contribution in [0, 0.1) is 6.92 Å². The van der Waals surface area contributed by atoms with Crippen molar-refractivity contribution >= 4 is 16.9 Å². The maximum absolute atomic E-state index is 11.8. The van der Waals surface area contributed by atoms with Crippen molar-refractivity contribution in [2.75, 3.05) is 19.6 Å². The van der Waals surface area contributed by atoms with Gasteiger partial charge in [0.05, 0.1) is 11.1 Å². The van der Waals surface area contributed by atoms with Crippen molar-refractivity contribution in [1.82, 2.24) is 9.47 Å². The Balaban J connectivity index is 2.11. The van der Waals surface area contributed by atoms with E-state index < -0.39 is 5.97 Å². The third kappa shape index (κ3) is 2.95. The van der Waals surface area contributed by atoms with E-state index in [1.807, 2.05) is 6.07 Å². The van der Waals surface area contributed by atoms with Gasteiger partial charge in [0.1, 0.15) is 0 Å². The molecule has 24 heavy (non-hydrogen) atoms. The summed E-state index contributed by atoms with van der Waals surface area (Å²) in [5, 5.41) is 10.8. The first-order valence-corrected chi connectivity index (χ1v) is 9.17. The lowest BCUT2D eigenvalue weighted by Gasteiger charge is -2.14. The van der Waals surface area contributed by atoms with E-state index in [1.54, 1.807) is 0 Å². The van der Waals surface area contributed by atoms with Gasteiger partial charge in [-0.3, -0.25) is 0 Å². The highest BCUT2D eigenvalue weighted by Gasteiger charge is 2.21. The predicted octanol–water partition coefficient (Wildman–Crippen LogP) is 3.87. The molecular weight excluding hydrogens is 300 g/mol. The Hall–Kier alpha value is -1.81. The summed E-state index contributed by atoms with van der Waals surface area (Å²) in [6.07, 6.45) is 4.47. The van der Waals surface area contributed by atoms with Crippen molar-refractivity contribution in [3.05, 3.63) is 34.5 Å². The maximum Gasteiger partial charge on any atom is 0.337 e. The van der Waals surface area contributed by atoms with Crippen LogP contribution in [0.1, 0.15) is 53.9 Å². The number of carboxylic acids is 1. The molecule has 0 spiro atoms. The van der Waals surface area contributed by atoms with Gasteiger partial charge in [-0.15, -0.1) is 0 Å². The van der Waals surface area contributed by atoms with E-state index in [0.29, 0.717) is 5.56 Å². The minimum Gasteiger partial charge on any atom is -0.478 e. The largest absolute Gasteiger partial charge is 0.478 e. The quantitative estimate of drug-likeness (QED) is 0.875. The topological polar surface area (TPSA) is 45.5 Å². The van der Waals surface area contributed by atoms with Crippen molar-refractivity contribution in [3.63, 3.8) is 0 Å². The second kappa shape index (κ2) is 6.98. The minimum absolute atomic E-state index is 0.446. The minimum atomic E-state index is -0.825. The highest BCUT2D eigenvalue weighted by Crippen LogP contribution is 2.31. The van der Waals surface area contributed by atoms with Crippen molar-refractivity contribution in [2.45, 2.75) is 53.0 Å². The van der Waals surface area contributed by atoms with Crippen LogP contribution in [-0.2, 0) is 19.4 Å². The van der Waals surface area contributed by atoms with Crippen LogP contribution >= 0.6 is 0 Å². The summed E-state index contributed by atoms with van der Waals surface area (Å²) in [5.41, 5.74) is 5.01. The molecule has 2 aromatic rings. The van der Waals surface area contributed by atoms with Crippen molar-refractivity contribution in [2.24, 2.45) is 0 Å². The molecule has 2 heterocycles. The molecule has 130 valence electrons. The Morgan fingerprint density at radius 3 is 2.50 bits per heavy atom. The van der Waals surface area contributed by atoms with Crippen molar-refractivity contribution < 1.29 is 9.90 Å². The van der Waals surface area contributed by atoms with Crippen LogP contribution in [0.3, 0.4) is 0 Å². The molecule has 1 aliphatic heterocycles. The first kappa shape index (κ1) is 17.0. The Kier molecular flexibility index (Phi) is 4.95. The number of nitrogens with zero attached hydrogens (tertiary/aromatic N) is 2. The number of hydrogen-bond donors (Lipinski definition) is 1. The molecule has 1 saturated heterocycles. The first-order chi connectivity index (χ1) is 11.6. The molecule has 1 aliphatic rings. The Morgan fingerprint density at radius 2 is 1.92 bits per heavy atom. The third-order valence-electron chi connectivity index (χ3n) is 5.44. The number of fused-ring (bicyclic) bond motifs is 1. The normalized spacial score (nSPS) is 15.5. The van der Waals surface area contributed by atoms with Crippen LogP contribution in [0.2, 0.25) is 0 Å². The van der Waals surface area contributed by atoms with Gasteiger partial charge in [0.15, 0.2) is 0 Å². The van der Waals surface area contributed by atoms with Gasteiger partial charge in [-0.2, -0.15) is 0 Å². The molecule has 0 atom stereocenters. The van der Waals surface area contributed by atoms with Gasteiger partial charge in [-0.1, -0.05) is 6.92 Å². The van der Waals surface area contributed by atoms with Gasteiger partial charge < -0.3 is 14.6 Å². The van der Waals surface area contributed by atoms with E-state index >= 15 is 0 Å². The number of benzene rings is 1. The van der Waals surface area contributed by atoms with Gasteiger partial charge in [-0.05, 0) is 75.9 Å². The number of carboxylic acid groups (broad SMARTS) is 1.